The summed E-state index contributed by atoms with van der Waals surface area (Å²) in [4.78, 5) is 2.48. The van der Waals surface area contributed by atoms with Crippen molar-refractivity contribution in [3.8, 4) is 5.75 Å². The summed E-state index contributed by atoms with van der Waals surface area (Å²) in [5.74, 6) is 1.17. The Morgan fingerprint density at radius 2 is 1.94 bits per heavy atom. The third-order valence-corrected chi connectivity index (χ3v) is 3.56. The van der Waals surface area contributed by atoms with Crippen LogP contribution in [0.4, 0.5) is 0 Å². The van der Waals surface area contributed by atoms with E-state index in [1.165, 1.54) is 32.4 Å². The smallest absolute Gasteiger partial charge is 0.161 e. The van der Waals surface area contributed by atoms with Gasteiger partial charge in [0.1, 0.15) is 11.6 Å². The molecule has 0 spiro atoms. The molecule has 0 unspecified atom stereocenters. The molecule has 5 nitrogen and oxygen atoms in total. The lowest BCUT2D eigenvalue weighted by molar-refractivity contribution is 0.230. The van der Waals surface area contributed by atoms with Crippen molar-refractivity contribution in [2.45, 2.75) is 25.7 Å². The average Bonchev–Trinajstić information content (AvgIpc) is 2.80. The van der Waals surface area contributed by atoms with Gasteiger partial charge in [-0.2, -0.15) is 0 Å². The van der Waals surface area contributed by atoms with E-state index in [4.69, 9.17) is 0 Å². The molecule has 96 valence electrons. The summed E-state index contributed by atoms with van der Waals surface area (Å²) in [7, 11) is 0. The Labute approximate surface area is 106 Å². The van der Waals surface area contributed by atoms with Crippen LogP contribution in [0.3, 0.4) is 0 Å². The first kappa shape index (κ1) is 11.5. The van der Waals surface area contributed by atoms with Crippen molar-refractivity contribution in [2.75, 3.05) is 19.6 Å². The van der Waals surface area contributed by atoms with Crippen molar-refractivity contribution in [3.05, 3.63) is 24.2 Å². The third kappa shape index (κ3) is 2.31. The molecule has 1 N–H and O–H groups in total. The Morgan fingerprint density at radius 1 is 1.11 bits per heavy atom. The quantitative estimate of drug-likeness (QED) is 0.891. The van der Waals surface area contributed by atoms with Gasteiger partial charge in [0.15, 0.2) is 5.65 Å². The molecular formula is C13H18N4O. The van der Waals surface area contributed by atoms with Crippen molar-refractivity contribution in [1.29, 1.82) is 0 Å². The number of aromatic hydroxyl groups is 1. The van der Waals surface area contributed by atoms with E-state index < -0.39 is 0 Å². The van der Waals surface area contributed by atoms with E-state index >= 15 is 0 Å². The molecule has 1 aliphatic heterocycles. The van der Waals surface area contributed by atoms with Gasteiger partial charge in [-0.25, -0.2) is 0 Å². The molecule has 0 aromatic carbocycles. The highest BCUT2D eigenvalue weighted by Crippen LogP contribution is 2.13. The molecule has 5 heteroatoms. The van der Waals surface area contributed by atoms with Gasteiger partial charge in [0, 0.05) is 13.0 Å². The summed E-state index contributed by atoms with van der Waals surface area (Å²) in [6, 6.07) is 3.42. The molecule has 0 amide bonds. The summed E-state index contributed by atoms with van der Waals surface area (Å²) >= 11 is 0. The normalized spacial score (nSPS) is 17.3. The van der Waals surface area contributed by atoms with E-state index in [9.17, 15) is 5.11 Å². The van der Waals surface area contributed by atoms with Crippen LogP contribution in [0.15, 0.2) is 18.3 Å². The first-order valence-electron chi connectivity index (χ1n) is 6.58. The molecule has 3 rings (SSSR count). The highest BCUT2D eigenvalue weighted by atomic mass is 16.3. The molecule has 1 fully saturated rings. The number of piperidine rings is 1. The maximum atomic E-state index is 9.50. The van der Waals surface area contributed by atoms with Gasteiger partial charge in [-0.05, 0) is 38.1 Å². The first-order chi connectivity index (χ1) is 8.83. The van der Waals surface area contributed by atoms with Crippen molar-refractivity contribution in [2.24, 2.45) is 0 Å². The summed E-state index contributed by atoms with van der Waals surface area (Å²) < 4.78 is 1.87. The van der Waals surface area contributed by atoms with Crippen LogP contribution in [-0.2, 0) is 6.42 Å². The largest absolute Gasteiger partial charge is 0.506 e. The molecule has 3 heterocycles. The molecule has 0 aliphatic carbocycles. The fourth-order valence-electron chi connectivity index (χ4n) is 2.54. The Kier molecular flexibility index (Phi) is 3.15. The molecule has 0 saturated carbocycles. The van der Waals surface area contributed by atoms with Crippen molar-refractivity contribution in [1.82, 2.24) is 19.5 Å². The monoisotopic (exact) mass is 246 g/mol. The number of rotatable bonds is 3. The summed E-state index contributed by atoms with van der Waals surface area (Å²) in [5.41, 5.74) is 0.793. The van der Waals surface area contributed by atoms with Gasteiger partial charge in [-0.1, -0.05) is 6.42 Å². The predicted octanol–water partition coefficient (Wildman–Crippen LogP) is 1.46. The van der Waals surface area contributed by atoms with Gasteiger partial charge in [0.05, 0.1) is 6.20 Å². The third-order valence-electron chi connectivity index (χ3n) is 3.56. The van der Waals surface area contributed by atoms with Crippen LogP contribution in [-0.4, -0.2) is 44.2 Å². The van der Waals surface area contributed by atoms with Crippen molar-refractivity contribution in [3.63, 3.8) is 0 Å². The van der Waals surface area contributed by atoms with Gasteiger partial charge in [0.2, 0.25) is 0 Å². The molecule has 18 heavy (non-hydrogen) atoms. The molecule has 1 saturated heterocycles. The topological polar surface area (TPSA) is 53.7 Å². The highest BCUT2D eigenvalue weighted by Gasteiger charge is 2.12. The summed E-state index contributed by atoms with van der Waals surface area (Å²) in [6.07, 6.45) is 6.53. The molecule has 1 aliphatic rings. The lowest BCUT2D eigenvalue weighted by Crippen LogP contribution is -2.31. The van der Waals surface area contributed by atoms with Gasteiger partial charge in [-0.15, -0.1) is 10.2 Å². The van der Waals surface area contributed by atoms with Crippen LogP contribution in [0, 0.1) is 0 Å². The fraction of sp³-hybridized carbons (Fsp3) is 0.538. The minimum absolute atomic E-state index is 0.251. The van der Waals surface area contributed by atoms with Gasteiger partial charge in [-0.3, -0.25) is 4.40 Å². The van der Waals surface area contributed by atoms with Crippen molar-refractivity contribution >= 4 is 5.65 Å². The standard InChI is InChI=1S/C13H18N4O/c18-11-4-5-12-14-15-13(17(12)10-11)6-9-16-7-2-1-3-8-16/h4-5,10,18H,1-3,6-9H2. The zero-order valence-corrected chi connectivity index (χ0v) is 10.4. The fourth-order valence-corrected chi connectivity index (χ4v) is 2.54. The Balaban J connectivity index is 1.72. The van der Waals surface area contributed by atoms with Crippen LogP contribution < -0.4 is 0 Å². The number of fused-ring (bicyclic) bond motifs is 1. The number of hydrogen-bond donors (Lipinski definition) is 1. The van der Waals surface area contributed by atoms with Gasteiger partial charge in [0.25, 0.3) is 0 Å². The number of likely N-dealkylation sites (tertiary alicyclic amines) is 1. The van der Waals surface area contributed by atoms with Crippen LogP contribution in [0.5, 0.6) is 5.75 Å². The number of aromatic nitrogens is 3. The number of pyridine rings is 1. The van der Waals surface area contributed by atoms with E-state index in [1.807, 2.05) is 4.40 Å². The lowest BCUT2D eigenvalue weighted by Gasteiger charge is -2.25. The van der Waals surface area contributed by atoms with Gasteiger partial charge < -0.3 is 10.0 Å². The zero-order valence-electron chi connectivity index (χ0n) is 10.4. The Bertz CT molecular complexity index is 531. The Morgan fingerprint density at radius 3 is 2.78 bits per heavy atom. The predicted molar refractivity (Wildman–Crippen MR) is 68.6 cm³/mol. The summed E-state index contributed by atoms with van der Waals surface area (Å²) in [5, 5.41) is 17.8. The van der Waals surface area contributed by atoms with Crippen molar-refractivity contribution < 1.29 is 5.11 Å². The van der Waals surface area contributed by atoms with Crippen LogP contribution in [0.2, 0.25) is 0 Å². The number of hydrogen-bond acceptors (Lipinski definition) is 4. The van der Waals surface area contributed by atoms with Crippen LogP contribution in [0.25, 0.3) is 5.65 Å². The second-order valence-corrected chi connectivity index (χ2v) is 4.88. The molecule has 2 aromatic rings. The second kappa shape index (κ2) is 4.94. The minimum atomic E-state index is 0.251. The minimum Gasteiger partial charge on any atom is -0.506 e. The van der Waals surface area contributed by atoms with Crippen LogP contribution >= 0.6 is 0 Å². The Hall–Kier alpha value is -1.62. The van der Waals surface area contributed by atoms with E-state index in [-0.39, 0.29) is 5.75 Å². The van der Waals surface area contributed by atoms with Crippen LogP contribution in [0.1, 0.15) is 25.1 Å². The van der Waals surface area contributed by atoms with Gasteiger partial charge >= 0.3 is 0 Å². The molecule has 0 bridgehead atoms. The molecular weight excluding hydrogens is 228 g/mol. The maximum Gasteiger partial charge on any atom is 0.161 e. The summed E-state index contributed by atoms with van der Waals surface area (Å²) in [6.45, 7) is 3.42. The lowest BCUT2D eigenvalue weighted by atomic mass is 10.1. The van der Waals surface area contributed by atoms with E-state index in [2.05, 4.69) is 15.1 Å². The molecule has 0 radical (unpaired) electrons. The highest BCUT2D eigenvalue weighted by molar-refractivity contribution is 5.40. The molecule has 0 atom stereocenters. The molecule has 2 aromatic heterocycles. The first-order valence-corrected chi connectivity index (χ1v) is 6.58. The van der Waals surface area contributed by atoms with E-state index in [0.29, 0.717) is 0 Å². The zero-order chi connectivity index (χ0) is 12.4. The second-order valence-electron chi connectivity index (χ2n) is 4.88. The number of nitrogens with zero attached hydrogens (tertiary/aromatic N) is 4. The SMILES string of the molecule is Oc1ccc2nnc(CCN3CCCCC3)n2c1. The maximum absolute atomic E-state index is 9.50. The average molecular weight is 246 g/mol. The van der Waals surface area contributed by atoms with E-state index in [1.54, 1.807) is 18.3 Å². The van der Waals surface area contributed by atoms with E-state index in [0.717, 1.165) is 24.4 Å².